The highest BCUT2D eigenvalue weighted by atomic mass is 32.2. The predicted octanol–water partition coefficient (Wildman–Crippen LogP) is 2.38. The second-order valence-electron chi connectivity index (χ2n) is 2.83. The summed E-state index contributed by atoms with van der Waals surface area (Å²) in [7, 11) is -5.35. The summed E-state index contributed by atoms with van der Waals surface area (Å²) in [6.07, 6.45) is 0. The van der Waals surface area contributed by atoms with Gasteiger partial charge in [0.05, 0.1) is 6.61 Å². The summed E-state index contributed by atoms with van der Waals surface area (Å²) in [5, 5.41) is 0. The summed E-state index contributed by atoms with van der Waals surface area (Å²) in [6.45, 7) is 1.64. The first-order valence-corrected chi connectivity index (χ1v) is 5.82. The van der Waals surface area contributed by atoms with Crippen LogP contribution in [0.25, 0.3) is 0 Å². The smallest absolute Gasteiger partial charge is 0.493 e. The van der Waals surface area contributed by atoms with E-state index in [1.165, 1.54) is 18.2 Å². The van der Waals surface area contributed by atoms with Crippen molar-refractivity contribution in [1.29, 1.82) is 0 Å². The Morgan fingerprint density at radius 2 is 1.81 bits per heavy atom. The fraction of sp³-hybridized carbons (Fsp3) is 0.333. The lowest BCUT2D eigenvalue weighted by Gasteiger charge is -2.12. The molecule has 0 aliphatic rings. The van der Waals surface area contributed by atoms with E-state index in [9.17, 15) is 21.6 Å². The van der Waals surface area contributed by atoms with Crippen molar-refractivity contribution in [2.75, 3.05) is 6.61 Å². The van der Waals surface area contributed by atoms with Crippen molar-refractivity contribution in [3.63, 3.8) is 0 Å². The lowest BCUT2D eigenvalue weighted by Crippen LogP contribution is -2.23. The third kappa shape index (κ3) is 2.29. The van der Waals surface area contributed by atoms with Gasteiger partial charge in [-0.2, -0.15) is 13.2 Å². The van der Waals surface area contributed by atoms with Gasteiger partial charge < -0.3 is 4.74 Å². The Morgan fingerprint density at radius 1 is 1.25 bits per heavy atom. The Balaban J connectivity index is 3.34. The first-order chi connectivity index (χ1) is 7.30. The summed E-state index contributed by atoms with van der Waals surface area (Å²) in [6, 6.07) is 4.66. The molecule has 0 saturated heterocycles. The Hall–Kier alpha value is -1.24. The highest BCUT2D eigenvalue weighted by molar-refractivity contribution is 7.92. The molecule has 0 unspecified atom stereocenters. The normalized spacial score (nSPS) is 12.5. The van der Waals surface area contributed by atoms with Crippen molar-refractivity contribution < 1.29 is 26.3 Å². The molecule has 7 heteroatoms. The maximum absolute atomic E-state index is 12.3. The van der Waals surface area contributed by atoms with E-state index < -0.39 is 20.2 Å². The van der Waals surface area contributed by atoms with Gasteiger partial charge >= 0.3 is 5.51 Å². The number of para-hydroxylation sites is 1. The summed E-state index contributed by atoms with van der Waals surface area (Å²) in [5.74, 6) is -0.290. The number of sulfone groups is 1. The van der Waals surface area contributed by atoms with E-state index in [0.717, 1.165) is 6.07 Å². The summed E-state index contributed by atoms with van der Waals surface area (Å²) in [5.41, 5.74) is -5.32. The molecule has 0 aliphatic carbocycles. The lowest BCUT2D eigenvalue weighted by atomic mass is 10.3. The van der Waals surface area contributed by atoms with Crippen LogP contribution in [0.2, 0.25) is 0 Å². The fourth-order valence-corrected chi connectivity index (χ4v) is 1.97. The van der Waals surface area contributed by atoms with E-state index in [4.69, 9.17) is 4.74 Å². The van der Waals surface area contributed by atoms with E-state index in [1.54, 1.807) is 6.92 Å². The number of benzene rings is 1. The van der Waals surface area contributed by atoms with E-state index in [1.807, 2.05) is 0 Å². The first kappa shape index (κ1) is 12.8. The van der Waals surface area contributed by atoms with Crippen molar-refractivity contribution >= 4 is 9.84 Å². The topological polar surface area (TPSA) is 43.4 Å². The van der Waals surface area contributed by atoms with Gasteiger partial charge in [0.1, 0.15) is 10.6 Å². The second-order valence-corrected chi connectivity index (χ2v) is 4.74. The number of hydrogen-bond donors (Lipinski definition) is 0. The molecule has 1 aromatic rings. The summed E-state index contributed by atoms with van der Waals surface area (Å²) in [4.78, 5) is -0.857. The van der Waals surface area contributed by atoms with Crippen molar-refractivity contribution in [3.05, 3.63) is 24.3 Å². The van der Waals surface area contributed by atoms with E-state index in [-0.39, 0.29) is 12.4 Å². The van der Waals surface area contributed by atoms with E-state index >= 15 is 0 Å². The molecule has 0 aliphatic heterocycles. The van der Waals surface area contributed by atoms with Gasteiger partial charge in [0, 0.05) is 0 Å². The van der Waals surface area contributed by atoms with Crippen LogP contribution in [-0.4, -0.2) is 20.5 Å². The van der Waals surface area contributed by atoms with E-state index in [0.29, 0.717) is 0 Å². The van der Waals surface area contributed by atoms with Crippen molar-refractivity contribution in [1.82, 2.24) is 0 Å². The minimum absolute atomic E-state index is 0.0877. The number of alkyl halides is 3. The maximum atomic E-state index is 12.3. The number of hydrogen-bond acceptors (Lipinski definition) is 3. The Kier molecular flexibility index (Phi) is 3.47. The molecule has 0 N–H and O–H groups in total. The van der Waals surface area contributed by atoms with Crippen molar-refractivity contribution in [2.45, 2.75) is 17.3 Å². The number of halogens is 3. The zero-order valence-corrected chi connectivity index (χ0v) is 9.10. The molecule has 16 heavy (non-hydrogen) atoms. The molecule has 0 spiro atoms. The average Bonchev–Trinajstić information content (AvgIpc) is 2.17. The average molecular weight is 254 g/mol. The molecule has 1 aromatic carbocycles. The van der Waals surface area contributed by atoms with Gasteiger partial charge in [-0.1, -0.05) is 12.1 Å². The summed E-state index contributed by atoms with van der Waals surface area (Å²) >= 11 is 0. The maximum Gasteiger partial charge on any atom is 0.502 e. The molecular formula is C9H9F3O3S. The molecule has 0 fully saturated rings. The molecule has 3 nitrogen and oxygen atoms in total. The van der Waals surface area contributed by atoms with Gasteiger partial charge in [0.15, 0.2) is 0 Å². The number of ether oxygens (including phenoxy) is 1. The Bertz CT molecular complexity index is 465. The Morgan fingerprint density at radius 3 is 2.31 bits per heavy atom. The third-order valence-corrected chi connectivity index (χ3v) is 3.27. The van der Waals surface area contributed by atoms with Crippen LogP contribution in [-0.2, 0) is 9.84 Å². The fourth-order valence-electron chi connectivity index (χ4n) is 1.07. The number of rotatable bonds is 3. The highest BCUT2D eigenvalue weighted by Crippen LogP contribution is 2.35. The molecule has 0 amide bonds. The molecule has 0 atom stereocenters. The standard InChI is InChI=1S/C9H9F3O3S/c1-2-15-7-5-3-4-6-8(7)16(13,14)9(10,11)12/h3-6H,2H2,1H3. The van der Waals surface area contributed by atoms with Crippen LogP contribution in [0.4, 0.5) is 13.2 Å². The van der Waals surface area contributed by atoms with Crippen LogP contribution in [0.15, 0.2) is 29.2 Å². The minimum atomic E-state index is -5.35. The SMILES string of the molecule is CCOc1ccccc1S(=O)(=O)C(F)(F)F. The molecular weight excluding hydrogens is 245 g/mol. The van der Waals surface area contributed by atoms with E-state index in [2.05, 4.69) is 0 Å². The van der Waals surface area contributed by atoms with Crippen LogP contribution in [0.1, 0.15) is 6.92 Å². The van der Waals surface area contributed by atoms with Gasteiger partial charge in [0.2, 0.25) is 0 Å². The lowest BCUT2D eigenvalue weighted by molar-refractivity contribution is -0.0437. The first-order valence-electron chi connectivity index (χ1n) is 4.34. The molecule has 0 saturated carbocycles. The van der Waals surface area contributed by atoms with Gasteiger partial charge in [-0.25, -0.2) is 8.42 Å². The van der Waals surface area contributed by atoms with Crippen LogP contribution >= 0.6 is 0 Å². The summed E-state index contributed by atoms with van der Waals surface area (Å²) < 4.78 is 64.0. The molecule has 90 valence electrons. The second kappa shape index (κ2) is 4.32. The Labute approximate surface area is 90.8 Å². The van der Waals surface area contributed by atoms with Crippen molar-refractivity contribution in [2.24, 2.45) is 0 Å². The van der Waals surface area contributed by atoms with Crippen LogP contribution in [0, 0.1) is 0 Å². The van der Waals surface area contributed by atoms with Crippen LogP contribution in [0.5, 0.6) is 5.75 Å². The monoisotopic (exact) mass is 254 g/mol. The molecule has 0 aromatic heterocycles. The van der Waals surface area contributed by atoms with Crippen molar-refractivity contribution in [3.8, 4) is 5.75 Å². The molecule has 0 radical (unpaired) electrons. The quantitative estimate of drug-likeness (QED) is 0.831. The van der Waals surface area contributed by atoms with Gasteiger partial charge in [0.25, 0.3) is 9.84 Å². The minimum Gasteiger partial charge on any atom is -0.493 e. The third-order valence-electron chi connectivity index (χ3n) is 1.74. The molecule has 1 rings (SSSR count). The highest BCUT2D eigenvalue weighted by Gasteiger charge is 2.48. The molecule has 0 heterocycles. The largest absolute Gasteiger partial charge is 0.502 e. The van der Waals surface area contributed by atoms with Crippen LogP contribution < -0.4 is 4.74 Å². The van der Waals surface area contributed by atoms with Gasteiger partial charge in [-0.05, 0) is 19.1 Å². The zero-order chi connectivity index (χ0) is 12.4. The molecule has 0 bridgehead atoms. The van der Waals surface area contributed by atoms with Crippen LogP contribution in [0.3, 0.4) is 0 Å². The van der Waals surface area contributed by atoms with Gasteiger partial charge in [-0.3, -0.25) is 0 Å². The zero-order valence-electron chi connectivity index (χ0n) is 8.28. The predicted molar refractivity (Wildman–Crippen MR) is 50.9 cm³/mol. The van der Waals surface area contributed by atoms with Gasteiger partial charge in [-0.15, -0.1) is 0 Å².